The number of hydrogen-bond donors (Lipinski definition) is 1. The van der Waals surface area contributed by atoms with Crippen LogP contribution in [0, 0.1) is 5.92 Å². The van der Waals surface area contributed by atoms with Crippen LogP contribution in [0.15, 0.2) is 0 Å². The molecule has 2 fully saturated rings. The van der Waals surface area contributed by atoms with E-state index in [-0.39, 0.29) is 5.54 Å². The monoisotopic (exact) mass is 240 g/mol. The fourth-order valence-corrected chi connectivity index (χ4v) is 3.39. The first-order valence-corrected chi connectivity index (χ1v) is 7.23. The third-order valence-corrected chi connectivity index (χ3v) is 4.34. The van der Waals surface area contributed by atoms with Crippen molar-refractivity contribution in [2.45, 2.75) is 50.5 Å². The van der Waals surface area contributed by atoms with Crippen LogP contribution in [0.1, 0.15) is 44.9 Å². The molecule has 0 unspecified atom stereocenters. The Morgan fingerprint density at radius 2 is 1.82 bits per heavy atom. The average Bonchev–Trinajstić information content (AvgIpc) is 2.30. The lowest BCUT2D eigenvalue weighted by Crippen LogP contribution is -2.51. The molecule has 0 aromatic carbocycles. The molecule has 0 aromatic heterocycles. The summed E-state index contributed by atoms with van der Waals surface area (Å²) in [6.07, 6.45) is 8.89. The van der Waals surface area contributed by atoms with E-state index in [1.807, 2.05) is 0 Å². The van der Waals surface area contributed by atoms with Crippen molar-refractivity contribution < 1.29 is 4.74 Å². The molecule has 1 saturated heterocycles. The number of hydrogen-bond acceptors (Lipinski definition) is 3. The molecule has 2 rings (SSSR count). The Morgan fingerprint density at radius 3 is 2.47 bits per heavy atom. The smallest absolute Gasteiger partial charge is 0.0469 e. The highest BCUT2D eigenvalue weighted by Crippen LogP contribution is 2.27. The molecule has 1 aliphatic heterocycles. The normalized spacial score (nSPS) is 26.3. The van der Waals surface area contributed by atoms with Crippen LogP contribution >= 0.6 is 0 Å². The van der Waals surface area contributed by atoms with Crippen LogP contribution < -0.4 is 5.73 Å². The largest absolute Gasteiger partial charge is 0.381 e. The summed E-state index contributed by atoms with van der Waals surface area (Å²) in [7, 11) is 2.23. The predicted octanol–water partition coefficient (Wildman–Crippen LogP) is 2.01. The Bertz CT molecular complexity index is 220. The van der Waals surface area contributed by atoms with E-state index < -0.39 is 0 Å². The lowest BCUT2D eigenvalue weighted by Gasteiger charge is -2.38. The Morgan fingerprint density at radius 1 is 1.18 bits per heavy atom. The van der Waals surface area contributed by atoms with E-state index in [9.17, 15) is 0 Å². The van der Waals surface area contributed by atoms with Gasteiger partial charge in [-0.25, -0.2) is 0 Å². The van der Waals surface area contributed by atoms with Crippen molar-refractivity contribution in [3.63, 3.8) is 0 Å². The summed E-state index contributed by atoms with van der Waals surface area (Å²) in [5.41, 5.74) is 6.59. The van der Waals surface area contributed by atoms with E-state index in [0.717, 1.165) is 25.7 Å². The molecule has 1 aliphatic carbocycles. The molecule has 100 valence electrons. The van der Waals surface area contributed by atoms with Crippen molar-refractivity contribution in [1.82, 2.24) is 4.90 Å². The van der Waals surface area contributed by atoms with E-state index in [1.165, 1.54) is 51.5 Å². The SMILES string of the molecule is CN(CC1CCOCC1)CC1(N)CCCCC1. The predicted molar refractivity (Wildman–Crippen MR) is 71.0 cm³/mol. The fourth-order valence-electron chi connectivity index (χ4n) is 3.39. The van der Waals surface area contributed by atoms with Crippen LogP contribution in [0.25, 0.3) is 0 Å². The van der Waals surface area contributed by atoms with Crippen LogP contribution in [0.2, 0.25) is 0 Å². The number of likely N-dealkylation sites (N-methyl/N-ethyl adjacent to an activating group) is 1. The second-order valence-corrected chi connectivity index (χ2v) is 6.18. The number of nitrogens with zero attached hydrogens (tertiary/aromatic N) is 1. The summed E-state index contributed by atoms with van der Waals surface area (Å²) >= 11 is 0. The maximum Gasteiger partial charge on any atom is 0.0469 e. The van der Waals surface area contributed by atoms with Crippen LogP contribution in [0.5, 0.6) is 0 Å². The molecule has 0 aromatic rings. The van der Waals surface area contributed by atoms with Crippen molar-refractivity contribution in [3.8, 4) is 0 Å². The third-order valence-electron chi connectivity index (χ3n) is 4.34. The van der Waals surface area contributed by atoms with Gasteiger partial charge in [-0.3, -0.25) is 0 Å². The van der Waals surface area contributed by atoms with Gasteiger partial charge >= 0.3 is 0 Å². The van der Waals surface area contributed by atoms with Gasteiger partial charge in [0.25, 0.3) is 0 Å². The van der Waals surface area contributed by atoms with E-state index >= 15 is 0 Å². The zero-order chi connectivity index (χ0) is 12.1. The summed E-state index contributed by atoms with van der Waals surface area (Å²) in [5.74, 6) is 0.820. The second-order valence-electron chi connectivity index (χ2n) is 6.18. The maximum atomic E-state index is 6.50. The molecule has 2 N–H and O–H groups in total. The van der Waals surface area contributed by atoms with Gasteiger partial charge in [-0.1, -0.05) is 19.3 Å². The molecule has 1 saturated carbocycles. The van der Waals surface area contributed by atoms with E-state index in [2.05, 4.69) is 11.9 Å². The van der Waals surface area contributed by atoms with Crippen molar-refractivity contribution in [3.05, 3.63) is 0 Å². The van der Waals surface area contributed by atoms with Gasteiger partial charge in [0.1, 0.15) is 0 Å². The summed E-state index contributed by atoms with van der Waals surface area (Å²) in [6.45, 7) is 4.17. The Kier molecular flexibility index (Phi) is 4.83. The van der Waals surface area contributed by atoms with Crippen LogP contribution in [0.4, 0.5) is 0 Å². The average molecular weight is 240 g/mol. The molecule has 0 atom stereocenters. The molecular weight excluding hydrogens is 212 g/mol. The standard InChI is InChI=1S/C14H28N2O/c1-16(11-13-5-9-17-10-6-13)12-14(15)7-3-2-4-8-14/h13H,2-12,15H2,1H3. The van der Waals surface area contributed by atoms with Gasteiger partial charge in [0.05, 0.1) is 0 Å². The van der Waals surface area contributed by atoms with Gasteiger partial charge in [0.2, 0.25) is 0 Å². The Hall–Kier alpha value is -0.120. The molecule has 0 amide bonds. The van der Waals surface area contributed by atoms with Crippen molar-refractivity contribution in [2.75, 3.05) is 33.4 Å². The van der Waals surface area contributed by atoms with Crippen molar-refractivity contribution in [2.24, 2.45) is 11.7 Å². The first kappa shape index (κ1) is 13.3. The molecule has 1 heterocycles. The minimum Gasteiger partial charge on any atom is -0.381 e. The lowest BCUT2D eigenvalue weighted by molar-refractivity contribution is 0.0519. The fraction of sp³-hybridized carbons (Fsp3) is 1.00. The van der Waals surface area contributed by atoms with E-state index in [4.69, 9.17) is 10.5 Å². The van der Waals surface area contributed by atoms with Gasteiger partial charge in [0.15, 0.2) is 0 Å². The first-order chi connectivity index (χ1) is 8.18. The van der Waals surface area contributed by atoms with Gasteiger partial charge < -0.3 is 15.4 Å². The summed E-state index contributed by atoms with van der Waals surface area (Å²) in [4.78, 5) is 2.46. The minimum atomic E-state index is 0.0954. The molecular formula is C14H28N2O. The topological polar surface area (TPSA) is 38.5 Å². The number of nitrogens with two attached hydrogens (primary N) is 1. The number of rotatable bonds is 4. The van der Waals surface area contributed by atoms with E-state index in [0.29, 0.717) is 0 Å². The molecule has 0 radical (unpaired) electrons. The zero-order valence-electron chi connectivity index (χ0n) is 11.3. The summed E-state index contributed by atoms with van der Waals surface area (Å²) < 4.78 is 5.41. The molecule has 3 heteroatoms. The second kappa shape index (κ2) is 6.17. The van der Waals surface area contributed by atoms with Gasteiger partial charge in [0, 0.05) is 31.8 Å². The lowest BCUT2D eigenvalue weighted by atomic mass is 9.82. The van der Waals surface area contributed by atoms with Gasteiger partial charge in [-0.05, 0) is 38.6 Å². The zero-order valence-corrected chi connectivity index (χ0v) is 11.3. The van der Waals surface area contributed by atoms with Gasteiger partial charge in [-0.2, -0.15) is 0 Å². The molecule has 0 spiro atoms. The highest BCUT2D eigenvalue weighted by Gasteiger charge is 2.29. The molecule has 2 aliphatic rings. The van der Waals surface area contributed by atoms with Crippen molar-refractivity contribution >= 4 is 0 Å². The quantitative estimate of drug-likeness (QED) is 0.817. The number of ether oxygens (including phenoxy) is 1. The Balaban J connectivity index is 1.73. The van der Waals surface area contributed by atoms with E-state index in [1.54, 1.807) is 0 Å². The maximum absolute atomic E-state index is 6.50. The summed E-state index contributed by atoms with van der Waals surface area (Å²) in [6, 6.07) is 0. The van der Waals surface area contributed by atoms with Crippen molar-refractivity contribution in [1.29, 1.82) is 0 Å². The van der Waals surface area contributed by atoms with Gasteiger partial charge in [-0.15, -0.1) is 0 Å². The minimum absolute atomic E-state index is 0.0954. The molecule has 3 nitrogen and oxygen atoms in total. The van der Waals surface area contributed by atoms with Crippen LogP contribution in [-0.2, 0) is 4.74 Å². The van der Waals surface area contributed by atoms with Crippen LogP contribution in [-0.4, -0.2) is 43.8 Å². The first-order valence-electron chi connectivity index (χ1n) is 7.23. The molecule has 17 heavy (non-hydrogen) atoms. The Labute approximate surface area is 106 Å². The summed E-state index contributed by atoms with van der Waals surface area (Å²) in [5, 5.41) is 0. The van der Waals surface area contributed by atoms with Crippen LogP contribution in [0.3, 0.4) is 0 Å². The highest BCUT2D eigenvalue weighted by atomic mass is 16.5. The third kappa shape index (κ3) is 4.23. The molecule has 0 bridgehead atoms. The highest BCUT2D eigenvalue weighted by molar-refractivity contribution is 4.90.